The number of amides is 3. The Morgan fingerprint density at radius 2 is 1.62 bits per heavy atom. The number of carbonyl (C=O) groups is 3. The zero-order chi connectivity index (χ0) is 23.2. The van der Waals surface area contributed by atoms with Gasteiger partial charge in [0.05, 0.1) is 22.5 Å². The lowest BCUT2D eigenvalue weighted by Crippen LogP contribution is -2.44. The molecule has 0 radical (unpaired) electrons. The number of sulfonamides is 1. The summed E-state index contributed by atoms with van der Waals surface area (Å²) in [7, 11) is -2.06. The first-order valence-corrected chi connectivity index (χ1v) is 11.8. The zero-order valence-corrected chi connectivity index (χ0v) is 19.1. The summed E-state index contributed by atoms with van der Waals surface area (Å²) in [6, 6.07) is 6.48. The predicted molar refractivity (Wildman–Crippen MR) is 114 cm³/mol. The quantitative estimate of drug-likeness (QED) is 0.618. The minimum atomic E-state index is -3.76. The largest absolute Gasteiger partial charge is 0.340 e. The topological polar surface area (TPSA) is 113 Å². The molecule has 1 aromatic carbocycles. The number of aryl methyl sites for hydroxylation is 2. The van der Waals surface area contributed by atoms with Crippen LogP contribution in [0, 0.1) is 13.8 Å². The van der Waals surface area contributed by atoms with Gasteiger partial charge in [0.1, 0.15) is 11.4 Å². The molecule has 1 saturated heterocycles. The van der Waals surface area contributed by atoms with Gasteiger partial charge >= 0.3 is 0 Å². The molecule has 0 saturated carbocycles. The van der Waals surface area contributed by atoms with Crippen LogP contribution in [0.5, 0.6) is 0 Å². The van der Waals surface area contributed by atoms with Crippen LogP contribution < -0.4 is 0 Å². The maximum Gasteiger partial charge on any atom is 0.262 e. The zero-order valence-electron chi connectivity index (χ0n) is 18.2. The second-order valence-corrected chi connectivity index (χ2v) is 9.88. The third-order valence-corrected chi connectivity index (χ3v) is 8.17. The van der Waals surface area contributed by atoms with Gasteiger partial charge in [0.25, 0.3) is 11.8 Å². The molecule has 170 valence electrons. The van der Waals surface area contributed by atoms with Crippen LogP contribution in [-0.4, -0.2) is 82.7 Å². The Morgan fingerprint density at radius 3 is 2.19 bits per heavy atom. The fourth-order valence-corrected chi connectivity index (χ4v) is 6.13. The Kier molecular flexibility index (Phi) is 5.63. The smallest absolute Gasteiger partial charge is 0.262 e. The first-order chi connectivity index (χ1) is 15.1. The number of fused-ring (bicyclic) bond motifs is 1. The van der Waals surface area contributed by atoms with E-state index in [0.29, 0.717) is 35.5 Å². The van der Waals surface area contributed by atoms with Crippen molar-refractivity contribution in [2.75, 3.05) is 32.7 Å². The van der Waals surface area contributed by atoms with E-state index in [1.165, 1.54) is 13.9 Å². The van der Waals surface area contributed by atoms with E-state index in [1.807, 2.05) is 0 Å². The van der Waals surface area contributed by atoms with E-state index in [1.54, 1.807) is 45.2 Å². The van der Waals surface area contributed by atoms with E-state index in [-0.39, 0.29) is 37.0 Å². The molecule has 10 nitrogen and oxygen atoms in total. The molecule has 0 N–H and O–H groups in total. The van der Waals surface area contributed by atoms with Crippen molar-refractivity contribution in [1.29, 1.82) is 0 Å². The monoisotopic (exact) mass is 459 g/mol. The second kappa shape index (κ2) is 8.14. The first-order valence-electron chi connectivity index (χ1n) is 10.4. The van der Waals surface area contributed by atoms with Crippen molar-refractivity contribution in [3.8, 4) is 0 Å². The normalized spacial score (nSPS) is 17.6. The van der Waals surface area contributed by atoms with Crippen molar-refractivity contribution in [3.63, 3.8) is 0 Å². The van der Waals surface area contributed by atoms with Gasteiger partial charge in [-0.25, -0.2) is 8.42 Å². The fraction of sp³-hybridized carbons (Fsp3) is 0.429. The molecule has 1 aromatic heterocycles. The third kappa shape index (κ3) is 3.61. The Hall–Kier alpha value is -3.05. The number of hydrogen-bond donors (Lipinski definition) is 0. The van der Waals surface area contributed by atoms with Crippen LogP contribution in [0.4, 0.5) is 0 Å². The molecule has 3 amide bonds. The predicted octanol–water partition coefficient (Wildman–Crippen LogP) is 0.556. The second-order valence-electron chi connectivity index (χ2n) is 8.00. The SMILES string of the molecule is Cc1nn(C)c(C)c1S(=O)(=O)N1CCCN(C(=O)CN2C(=O)c3ccccc3C2=O)CC1. The Morgan fingerprint density at radius 1 is 1.00 bits per heavy atom. The van der Waals surface area contributed by atoms with E-state index in [2.05, 4.69) is 5.10 Å². The fourth-order valence-electron chi connectivity index (χ4n) is 4.26. The summed E-state index contributed by atoms with van der Waals surface area (Å²) in [5, 5.41) is 4.20. The van der Waals surface area contributed by atoms with E-state index in [4.69, 9.17) is 0 Å². The van der Waals surface area contributed by atoms with Gasteiger partial charge < -0.3 is 4.90 Å². The van der Waals surface area contributed by atoms with Gasteiger partial charge in [-0.15, -0.1) is 0 Å². The molecule has 2 aromatic rings. The average molecular weight is 460 g/mol. The van der Waals surface area contributed by atoms with Crippen molar-refractivity contribution >= 4 is 27.7 Å². The summed E-state index contributed by atoms with van der Waals surface area (Å²) in [5.41, 5.74) is 1.58. The van der Waals surface area contributed by atoms with Gasteiger partial charge in [-0.2, -0.15) is 9.40 Å². The van der Waals surface area contributed by atoms with Gasteiger partial charge in [-0.3, -0.25) is 24.0 Å². The molecule has 0 spiro atoms. The molecular weight excluding hydrogens is 434 g/mol. The van der Waals surface area contributed by atoms with Crippen molar-refractivity contribution < 1.29 is 22.8 Å². The molecule has 32 heavy (non-hydrogen) atoms. The lowest BCUT2D eigenvalue weighted by molar-refractivity contribution is -0.131. The van der Waals surface area contributed by atoms with Crippen LogP contribution in [0.1, 0.15) is 38.5 Å². The highest BCUT2D eigenvalue weighted by Gasteiger charge is 2.38. The highest BCUT2D eigenvalue weighted by Crippen LogP contribution is 2.25. The van der Waals surface area contributed by atoms with Crippen LogP contribution >= 0.6 is 0 Å². The maximum atomic E-state index is 13.2. The van der Waals surface area contributed by atoms with Crippen molar-refractivity contribution in [1.82, 2.24) is 23.9 Å². The van der Waals surface area contributed by atoms with Gasteiger partial charge in [-0.1, -0.05) is 12.1 Å². The molecule has 2 aliphatic rings. The van der Waals surface area contributed by atoms with Crippen LogP contribution in [0.25, 0.3) is 0 Å². The molecule has 11 heteroatoms. The maximum absolute atomic E-state index is 13.2. The average Bonchev–Trinajstić information content (AvgIpc) is 3.02. The van der Waals surface area contributed by atoms with Crippen LogP contribution in [0.3, 0.4) is 0 Å². The lowest BCUT2D eigenvalue weighted by Gasteiger charge is -2.24. The highest BCUT2D eigenvalue weighted by atomic mass is 32.2. The number of nitrogens with zero attached hydrogens (tertiary/aromatic N) is 5. The molecule has 0 bridgehead atoms. The van der Waals surface area contributed by atoms with E-state index < -0.39 is 21.8 Å². The van der Waals surface area contributed by atoms with Crippen molar-refractivity contribution in [2.24, 2.45) is 7.05 Å². The number of hydrogen-bond acceptors (Lipinski definition) is 6. The Bertz CT molecular complexity index is 1180. The molecule has 0 aliphatic carbocycles. The van der Waals surface area contributed by atoms with E-state index >= 15 is 0 Å². The van der Waals surface area contributed by atoms with Gasteiger partial charge in [0.15, 0.2) is 0 Å². The van der Waals surface area contributed by atoms with Gasteiger partial charge in [0, 0.05) is 33.2 Å². The molecule has 0 atom stereocenters. The summed E-state index contributed by atoms with van der Waals surface area (Å²) >= 11 is 0. The molecular formula is C21H25N5O5S. The summed E-state index contributed by atoms with van der Waals surface area (Å²) in [5.74, 6) is -1.35. The molecule has 3 heterocycles. The summed E-state index contributed by atoms with van der Waals surface area (Å²) in [6.07, 6.45) is 0.450. The molecule has 4 rings (SSSR count). The van der Waals surface area contributed by atoms with Gasteiger partial charge in [-0.05, 0) is 32.4 Å². The van der Waals surface area contributed by atoms with Crippen molar-refractivity contribution in [3.05, 3.63) is 46.8 Å². The first kappa shape index (κ1) is 22.2. The number of imide groups is 1. The van der Waals surface area contributed by atoms with Gasteiger partial charge in [0.2, 0.25) is 15.9 Å². The van der Waals surface area contributed by atoms with Crippen LogP contribution in [0.15, 0.2) is 29.2 Å². The standard InChI is InChI=1S/C21H25N5O5S/c1-14-19(15(2)23(3)22-14)32(30,31)25-10-6-9-24(11-12-25)18(27)13-26-20(28)16-7-4-5-8-17(16)21(26)29/h4-5,7-8H,6,9-13H2,1-3H3. The third-order valence-electron chi connectivity index (χ3n) is 6.02. The van der Waals surface area contributed by atoms with Crippen LogP contribution in [-0.2, 0) is 21.9 Å². The number of carbonyl (C=O) groups excluding carboxylic acids is 3. The van der Waals surface area contributed by atoms with Crippen LogP contribution in [0.2, 0.25) is 0 Å². The number of benzene rings is 1. The summed E-state index contributed by atoms with van der Waals surface area (Å²) in [6.45, 7) is 3.94. The molecule has 1 fully saturated rings. The van der Waals surface area contributed by atoms with E-state index in [9.17, 15) is 22.8 Å². The number of rotatable bonds is 4. The van der Waals surface area contributed by atoms with Crippen molar-refractivity contribution in [2.45, 2.75) is 25.2 Å². The number of aromatic nitrogens is 2. The van der Waals surface area contributed by atoms with E-state index in [0.717, 1.165) is 4.90 Å². The highest BCUT2D eigenvalue weighted by molar-refractivity contribution is 7.89. The molecule has 0 unspecified atom stereocenters. The molecule has 2 aliphatic heterocycles. The summed E-state index contributed by atoms with van der Waals surface area (Å²) in [4.78, 5) is 40.6. The lowest BCUT2D eigenvalue weighted by atomic mass is 10.1. The minimum absolute atomic E-state index is 0.129. The summed E-state index contributed by atoms with van der Waals surface area (Å²) < 4.78 is 29.4. The minimum Gasteiger partial charge on any atom is -0.340 e. The Balaban J connectivity index is 1.45. The Labute approximate surface area is 186 Å².